The van der Waals surface area contributed by atoms with E-state index in [1.54, 1.807) is 0 Å². The summed E-state index contributed by atoms with van der Waals surface area (Å²) in [6.45, 7) is 0.358. The topological polar surface area (TPSA) is 108 Å². The zero-order valence-electron chi connectivity index (χ0n) is 9.56. The molecule has 0 unspecified atom stereocenters. The highest BCUT2D eigenvalue weighted by molar-refractivity contribution is 6.30. The van der Waals surface area contributed by atoms with Crippen molar-refractivity contribution < 1.29 is 15.1 Å². The number of hydrogen-bond acceptors (Lipinski definition) is 4. The van der Waals surface area contributed by atoms with Crippen LogP contribution in [0.25, 0.3) is 0 Å². The van der Waals surface area contributed by atoms with Crippen LogP contribution in [0.15, 0.2) is 23.4 Å². The molecular weight excluding hydrogens is 258 g/mol. The van der Waals surface area contributed by atoms with Crippen molar-refractivity contribution >= 4 is 23.3 Å². The summed E-state index contributed by atoms with van der Waals surface area (Å²) < 4.78 is 0. The third kappa shape index (κ3) is 4.14. The molecule has 0 aromatic heterocycles. The van der Waals surface area contributed by atoms with E-state index in [4.69, 9.17) is 22.5 Å². The molecule has 0 spiro atoms. The average Bonchev–Trinajstić information content (AvgIpc) is 2.34. The fraction of sp³-hybridized carbons (Fsp3) is 0.273. The number of benzene rings is 1. The Hall–Kier alpha value is -1.95. The standard InChI is InChI=1S/C11H14ClN3O3/c12-7-3-4-8(9(16)6-7)11(17)14-5-1-2-10(13)15-18/h3-4,6,16,18H,1-2,5H2,(H2,13,15)(H,14,17). The van der Waals surface area contributed by atoms with Gasteiger partial charge in [-0.05, 0) is 24.6 Å². The van der Waals surface area contributed by atoms with Gasteiger partial charge in [0, 0.05) is 18.0 Å². The van der Waals surface area contributed by atoms with Crippen molar-refractivity contribution in [2.24, 2.45) is 10.9 Å². The van der Waals surface area contributed by atoms with Gasteiger partial charge in [0.1, 0.15) is 11.6 Å². The number of nitrogens with zero attached hydrogens (tertiary/aromatic N) is 1. The molecule has 1 aromatic carbocycles. The zero-order chi connectivity index (χ0) is 13.5. The van der Waals surface area contributed by atoms with E-state index in [0.717, 1.165) is 0 Å². The van der Waals surface area contributed by atoms with E-state index in [0.29, 0.717) is 24.4 Å². The fourth-order valence-electron chi connectivity index (χ4n) is 1.31. The number of carbonyl (C=O) groups is 1. The number of halogens is 1. The molecule has 0 saturated carbocycles. The number of phenolic OH excluding ortho intramolecular Hbond substituents is 1. The number of phenols is 1. The van der Waals surface area contributed by atoms with Gasteiger partial charge >= 0.3 is 0 Å². The molecule has 0 saturated heterocycles. The SMILES string of the molecule is NC(CCCNC(=O)c1ccc(Cl)cc1O)=NO. The van der Waals surface area contributed by atoms with Crippen molar-refractivity contribution in [3.05, 3.63) is 28.8 Å². The van der Waals surface area contributed by atoms with Crippen LogP contribution in [-0.4, -0.2) is 28.6 Å². The summed E-state index contributed by atoms with van der Waals surface area (Å²) in [5.74, 6) is -0.460. The maximum atomic E-state index is 11.7. The number of amidine groups is 1. The molecule has 5 N–H and O–H groups in total. The molecule has 0 aliphatic heterocycles. The van der Waals surface area contributed by atoms with Gasteiger partial charge in [0.05, 0.1) is 5.56 Å². The van der Waals surface area contributed by atoms with Crippen molar-refractivity contribution in [1.29, 1.82) is 0 Å². The molecule has 0 atom stereocenters. The highest BCUT2D eigenvalue weighted by atomic mass is 35.5. The van der Waals surface area contributed by atoms with Crippen molar-refractivity contribution in [2.75, 3.05) is 6.54 Å². The summed E-state index contributed by atoms with van der Waals surface area (Å²) in [7, 11) is 0. The minimum absolute atomic E-state index is 0.110. The Morgan fingerprint density at radius 1 is 1.50 bits per heavy atom. The number of hydrogen-bond donors (Lipinski definition) is 4. The first kappa shape index (κ1) is 14.1. The summed E-state index contributed by atoms with van der Waals surface area (Å²) in [6.07, 6.45) is 0.916. The van der Waals surface area contributed by atoms with Crippen LogP contribution in [-0.2, 0) is 0 Å². The Bertz CT molecular complexity index is 463. The van der Waals surface area contributed by atoms with Crippen LogP contribution in [0.1, 0.15) is 23.2 Å². The van der Waals surface area contributed by atoms with Crippen molar-refractivity contribution in [3.63, 3.8) is 0 Å². The maximum absolute atomic E-state index is 11.7. The van der Waals surface area contributed by atoms with E-state index in [1.807, 2.05) is 0 Å². The minimum Gasteiger partial charge on any atom is -0.507 e. The first-order valence-electron chi connectivity index (χ1n) is 5.27. The number of nitrogens with two attached hydrogens (primary N) is 1. The predicted octanol–water partition coefficient (Wildman–Crippen LogP) is 1.30. The lowest BCUT2D eigenvalue weighted by atomic mass is 10.2. The average molecular weight is 272 g/mol. The van der Waals surface area contributed by atoms with Crippen molar-refractivity contribution in [1.82, 2.24) is 5.32 Å². The first-order chi connectivity index (χ1) is 8.54. The number of nitrogens with one attached hydrogen (secondary N) is 1. The second kappa shape index (κ2) is 6.70. The van der Waals surface area contributed by atoms with Crippen LogP contribution in [0.4, 0.5) is 0 Å². The molecule has 1 rings (SSSR count). The molecule has 0 aliphatic carbocycles. The van der Waals surface area contributed by atoms with Crippen LogP contribution in [0.5, 0.6) is 5.75 Å². The number of oxime groups is 1. The number of aromatic hydroxyl groups is 1. The number of amides is 1. The van der Waals surface area contributed by atoms with Gasteiger partial charge in [0.15, 0.2) is 0 Å². The molecule has 0 bridgehead atoms. The largest absolute Gasteiger partial charge is 0.507 e. The summed E-state index contributed by atoms with van der Waals surface area (Å²) >= 11 is 5.66. The molecule has 1 aromatic rings. The van der Waals surface area contributed by atoms with E-state index in [1.165, 1.54) is 18.2 Å². The first-order valence-corrected chi connectivity index (χ1v) is 5.65. The van der Waals surface area contributed by atoms with Gasteiger partial charge < -0.3 is 21.4 Å². The van der Waals surface area contributed by atoms with Crippen LogP contribution < -0.4 is 11.1 Å². The molecular formula is C11H14ClN3O3. The van der Waals surface area contributed by atoms with Gasteiger partial charge in [0.2, 0.25) is 0 Å². The van der Waals surface area contributed by atoms with Gasteiger partial charge in [-0.15, -0.1) is 0 Å². The van der Waals surface area contributed by atoms with Crippen LogP contribution >= 0.6 is 11.6 Å². The molecule has 98 valence electrons. The van der Waals surface area contributed by atoms with E-state index in [9.17, 15) is 9.90 Å². The van der Waals surface area contributed by atoms with Gasteiger partial charge in [-0.25, -0.2) is 0 Å². The summed E-state index contributed by atoms with van der Waals surface area (Å²) in [6, 6.07) is 4.26. The van der Waals surface area contributed by atoms with E-state index in [2.05, 4.69) is 10.5 Å². The molecule has 18 heavy (non-hydrogen) atoms. The molecule has 0 radical (unpaired) electrons. The molecule has 6 nitrogen and oxygen atoms in total. The van der Waals surface area contributed by atoms with Gasteiger partial charge in [-0.2, -0.15) is 0 Å². The summed E-state index contributed by atoms with van der Waals surface area (Å²) in [5, 5.41) is 23.6. The lowest BCUT2D eigenvalue weighted by Gasteiger charge is -2.06. The molecule has 0 fully saturated rings. The van der Waals surface area contributed by atoms with E-state index >= 15 is 0 Å². The second-order valence-electron chi connectivity index (χ2n) is 3.61. The Kier molecular flexibility index (Phi) is 5.26. The normalized spacial score (nSPS) is 11.3. The molecule has 0 aliphatic rings. The predicted molar refractivity (Wildman–Crippen MR) is 68.1 cm³/mol. The maximum Gasteiger partial charge on any atom is 0.255 e. The fourth-order valence-corrected chi connectivity index (χ4v) is 1.48. The molecule has 7 heteroatoms. The second-order valence-corrected chi connectivity index (χ2v) is 4.05. The van der Waals surface area contributed by atoms with E-state index in [-0.39, 0.29) is 17.1 Å². The lowest BCUT2D eigenvalue weighted by molar-refractivity contribution is 0.0950. The Balaban J connectivity index is 2.46. The zero-order valence-corrected chi connectivity index (χ0v) is 10.3. The number of carbonyl (C=O) groups excluding carboxylic acids is 1. The van der Waals surface area contributed by atoms with Gasteiger partial charge in [-0.1, -0.05) is 16.8 Å². The van der Waals surface area contributed by atoms with Crippen LogP contribution in [0, 0.1) is 0 Å². The van der Waals surface area contributed by atoms with Crippen LogP contribution in [0.2, 0.25) is 5.02 Å². The quantitative estimate of drug-likeness (QED) is 0.213. The summed E-state index contributed by atoms with van der Waals surface area (Å²) in [5.41, 5.74) is 5.43. The highest BCUT2D eigenvalue weighted by Crippen LogP contribution is 2.21. The van der Waals surface area contributed by atoms with Crippen molar-refractivity contribution in [3.8, 4) is 5.75 Å². The van der Waals surface area contributed by atoms with Crippen molar-refractivity contribution in [2.45, 2.75) is 12.8 Å². The summed E-state index contributed by atoms with van der Waals surface area (Å²) in [4.78, 5) is 11.7. The smallest absolute Gasteiger partial charge is 0.255 e. The van der Waals surface area contributed by atoms with Gasteiger partial charge in [-0.3, -0.25) is 4.79 Å². The number of rotatable bonds is 5. The Morgan fingerprint density at radius 2 is 2.22 bits per heavy atom. The third-order valence-electron chi connectivity index (χ3n) is 2.23. The van der Waals surface area contributed by atoms with E-state index < -0.39 is 5.91 Å². The minimum atomic E-state index is -0.399. The van der Waals surface area contributed by atoms with Crippen LogP contribution in [0.3, 0.4) is 0 Å². The third-order valence-corrected chi connectivity index (χ3v) is 2.46. The monoisotopic (exact) mass is 271 g/mol. The molecule has 0 heterocycles. The lowest BCUT2D eigenvalue weighted by Crippen LogP contribution is -2.25. The Morgan fingerprint density at radius 3 is 2.83 bits per heavy atom. The van der Waals surface area contributed by atoms with Gasteiger partial charge in [0.25, 0.3) is 5.91 Å². The Labute approximate surface area is 109 Å². The highest BCUT2D eigenvalue weighted by Gasteiger charge is 2.10. The molecule has 1 amide bonds.